The Morgan fingerprint density at radius 3 is 1.91 bits per heavy atom. The van der Waals surface area contributed by atoms with E-state index in [9.17, 15) is 9.59 Å². The number of rotatable bonds is 6. The van der Waals surface area contributed by atoms with Crippen molar-refractivity contribution >= 4 is 101 Å². The van der Waals surface area contributed by atoms with Crippen LogP contribution in [-0.2, 0) is 22.6 Å². The molecule has 2 aliphatic rings. The van der Waals surface area contributed by atoms with E-state index in [-0.39, 0.29) is 12.1 Å². The van der Waals surface area contributed by atoms with E-state index >= 15 is 0 Å². The maximum atomic E-state index is 11.3. The molecular weight excluding hydrogens is 1180 g/mol. The zero-order valence-electron chi connectivity index (χ0n) is 25.9. The van der Waals surface area contributed by atoms with Gasteiger partial charge in [-0.3, -0.25) is 15.1 Å². The quantitative estimate of drug-likeness (QED) is 0.208. The minimum absolute atomic E-state index is 0.171. The fourth-order valence-electron chi connectivity index (χ4n) is 4.73. The molecule has 1 saturated heterocycles. The number of nitrogens with one attached hydrogen (secondary N) is 2. The van der Waals surface area contributed by atoms with Gasteiger partial charge >= 0.3 is 114 Å². The summed E-state index contributed by atoms with van der Waals surface area (Å²) in [5.74, 6) is 0.492. The van der Waals surface area contributed by atoms with Gasteiger partial charge in [-0.25, -0.2) is 9.59 Å². The SMILES string of the molecule is COC(=O)NC1=C(C)CCN(Cc2ccccc2)C1.COC(=O)N[C@@H]1CN(Cc2ccccc2)CC[C@@H]1C.I[I-]I.SI(S)I. The number of piperidine rings is 1. The van der Waals surface area contributed by atoms with Gasteiger partial charge in [0.25, 0.3) is 0 Å². The van der Waals surface area contributed by atoms with Gasteiger partial charge in [0.2, 0.25) is 0 Å². The van der Waals surface area contributed by atoms with E-state index in [4.69, 9.17) is 0 Å². The van der Waals surface area contributed by atoms with E-state index in [0.717, 1.165) is 57.8 Å². The van der Waals surface area contributed by atoms with Crippen molar-refractivity contribution in [1.29, 1.82) is 0 Å². The number of nitrogens with zero attached hydrogens (tertiary/aromatic N) is 2. The van der Waals surface area contributed by atoms with E-state index in [0.29, 0.717) is 19.2 Å². The fraction of sp³-hybridized carbons (Fsp3) is 0.467. The van der Waals surface area contributed by atoms with Gasteiger partial charge in [0.1, 0.15) is 0 Å². The number of carbonyl (C=O) groups is 2. The average Bonchev–Trinajstić information content (AvgIpc) is 3.02. The maximum absolute atomic E-state index is 11.3. The molecule has 0 aromatic heterocycles. The van der Waals surface area contributed by atoms with Gasteiger partial charge in [-0.1, -0.05) is 73.2 Å². The van der Waals surface area contributed by atoms with Gasteiger partial charge in [0, 0.05) is 44.5 Å². The summed E-state index contributed by atoms with van der Waals surface area (Å²) in [5, 5.41) is 5.74. The number of thiol groups is 2. The number of methoxy groups -OCH3 is 2. The number of likely N-dealkylation sites (tertiary alicyclic amines) is 1. The van der Waals surface area contributed by atoms with Crippen LogP contribution >= 0.6 is 88.5 Å². The predicted octanol–water partition coefficient (Wildman–Crippen LogP) is 6.08. The Labute approximate surface area is 324 Å². The number of amides is 2. The second-order valence-corrected chi connectivity index (χ2v) is 48.2. The molecule has 2 atom stereocenters. The summed E-state index contributed by atoms with van der Waals surface area (Å²) >= 11 is 6.62. The molecule has 8 nitrogen and oxygen atoms in total. The molecule has 0 radical (unpaired) electrons. The number of hydrogen-bond donors (Lipinski definition) is 4. The Bertz CT molecular complexity index is 1140. The van der Waals surface area contributed by atoms with Crippen LogP contribution in [0.3, 0.4) is 0 Å². The Balaban J connectivity index is 0.000000373. The molecule has 0 spiro atoms. The van der Waals surface area contributed by atoms with Crippen molar-refractivity contribution in [1.82, 2.24) is 20.4 Å². The number of benzene rings is 2. The Morgan fingerprint density at radius 1 is 0.933 bits per heavy atom. The van der Waals surface area contributed by atoms with Gasteiger partial charge in [-0.05, 0) is 43.4 Å². The van der Waals surface area contributed by atoms with E-state index in [1.165, 1.54) is 30.9 Å². The van der Waals surface area contributed by atoms with E-state index < -0.39 is 19.2 Å². The number of ether oxygens (including phenoxy) is 2. The summed E-state index contributed by atoms with van der Waals surface area (Å²) in [7, 11) is 10.7. The monoisotopic (exact) mass is 1220 g/mol. The molecule has 2 amide bonds. The van der Waals surface area contributed by atoms with Gasteiger partial charge in [0.05, 0.1) is 14.2 Å². The third kappa shape index (κ3) is 21.0. The third-order valence-corrected chi connectivity index (χ3v) is 7.17. The van der Waals surface area contributed by atoms with Crippen molar-refractivity contribution in [2.24, 2.45) is 5.92 Å². The molecule has 2 aliphatic heterocycles. The fourth-order valence-corrected chi connectivity index (χ4v) is 4.73. The molecule has 4 rings (SSSR count). The van der Waals surface area contributed by atoms with Crippen LogP contribution in [0.5, 0.6) is 0 Å². The number of alkyl carbamates (subject to hydrolysis) is 2. The molecule has 2 N–H and O–H groups in total. The van der Waals surface area contributed by atoms with E-state index in [1.807, 2.05) is 24.3 Å². The van der Waals surface area contributed by atoms with Crippen LogP contribution in [0.15, 0.2) is 71.9 Å². The Morgan fingerprint density at radius 2 is 1.42 bits per heavy atom. The van der Waals surface area contributed by atoms with E-state index in [2.05, 4.69) is 156 Å². The average molecular weight is 1220 g/mol. The zero-order valence-corrected chi connectivity index (χ0v) is 38.5. The molecule has 0 saturated carbocycles. The summed E-state index contributed by atoms with van der Waals surface area (Å²) in [6.07, 6.45) is 1.35. The summed E-state index contributed by atoms with van der Waals surface area (Å²) in [6.45, 7) is 9.82. The van der Waals surface area contributed by atoms with Crippen molar-refractivity contribution in [3.05, 3.63) is 83.1 Å². The first kappa shape index (κ1) is 44.0. The molecule has 2 heterocycles. The summed E-state index contributed by atoms with van der Waals surface area (Å²) in [4.78, 5) is 27.4. The standard InChI is InChI=1S/C15H22N2O2.C15H20N2O2.I3.H2I2S2/c2*1-12-8-9-17(10-13-6-4-3-5-7-13)11-14(12)16-15(18)19-2;1-3-2;1-2(3)4/h3-7,12,14H,8-11H2,1-2H3,(H,16,18);3-7H,8-11H2,1-2H3,(H,16,18);;3-4H/q;;-1;/t12-,14+;;;/m0.../s1. The Hall–Kier alpha value is 0.990. The van der Waals surface area contributed by atoms with Crippen molar-refractivity contribution in [3.63, 3.8) is 0 Å². The summed E-state index contributed by atoms with van der Waals surface area (Å²) < 4.78 is 9.34. The molecule has 2 aromatic carbocycles. The van der Waals surface area contributed by atoms with Crippen molar-refractivity contribution in [2.75, 3.05) is 40.4 Å². The zero-order chi connectivity index (χ0) is 33.6. The third-order valence-electron chi connectivity index (χ3n) is 7.17. The van der Waals surface area contributed by atoms with Crippen LogP contribution in [0.1, 0.15) is 37.8 Å². The van der Waals surface area contributed by atoms with Crippen LogP contribution in [0, 0.1) is 5.92 Å². The predicted molar refractivity (Wildman–Crippen MR) is 223 cm³/mol. The molecular formula is C30H44I5N4O4S2-. The second kappa shape index (κ2) is 26.8. The van der Waals surface area contributed by atoms with Crippen molar-refractivity contribution < 1.29 is 32.3 Å². The minimum atomic E-state index is -0.904. The topological polar surface area (TPSA) is 83.1 Å². The molecule has 2 aromatic rings. The Kier molecular flexibility index (Phi) is 26.2. The van der Waals surface area contributed by atoms with Gasteiger partial charge in [-0.15, -0.1) is 0 Å². The van der Waals surface area contributed by atoms with Gasteiger partial charge in [-0.2, -0.15) is 0 Å². The van der Waals surface area contributed by atoms with Crippen molar-refractivity contribution in [3.8, 4) is 0 Å². The molecule has 256 valence electrons. The van der Waals surface area contributed by atoms with Crippen LogP contribution in [-0.4, -0.2) is 68.4 Å². The second-order valence-electron chi connectivity index (χ2n) is 10.3. The summed E-state index contributed by atoms with van der Waals surface area (Å²) in [5.41, 5.74) is 4.80. The summed E-state index contributed by atoms with van der Waals surface area (Å²) in [6, 6.07) is 21.0. The van der Waals surface area contributed by atoms with Gasteiger partial charge < -0.3 is 14.8 Å². The molecule has 1 fully saturated rings. The van der Waals surface area contributed by atoms with E-state index in [1.54, 1.807) is 0 Å². The molecule has 0 unspecified atom stereocenters. The first-order valence-corrected chi connectivity index (χ1v) is 39.4. The van der Waals surface area contributed by atoms with Crippen LogP contribution in [0.2, 0.25) is 0 Å². The normalized spacial score (nSPS) is 18.5. The van der Waals surface area contributed by atoms with Crippen LogP contribution in [0.25, 0.3) is 0 Å². The molecule has 15 heteroatoms. The first-order chi connectivity index (χ1) is 21.5. The van der Waals surface area contributed by atoms with Crippen molar-refractivity contribution in [2.45, 2.75) is 45.8 Å². The first-order valence-electron chi connectivity index (χ1n) is 14.0. The molecule has 0 bridgehead atoms. The van der Waals surface area contributed by atoms with Crippen LogP contribution < -0.4 is 23.9 Å². The molecule has 45 heavy (non-hydrogen) atoms. The van der Waals surface area contributed by atoms with Crippen LogP contribution in [0.4, 0.5) is 9.59 Å². The molecule has 0 aliphatic carbocycles. The number of carbonyl (C=O) groups excluding carboxylic acids is 2. The number of halogens is 5. The number of hydrogen-bond acceptors (Lipinski definition) is 8. The van der Waals surface area contributed by atoms with Gasteiger partial charge in [0.15, 0.2) is 0 Å².